The molecule has 35 heavy (non-hydrogen) atoms. The van der Waals surface area contributed by atoms with E-state index in [4.69, 9.17) is 11.6 Å². The summed E-state index contributed by atoms with van der Waals surface area (Å²) in [6, 6.07) is 3.52. The van der Waals surface area contributed by atoms with Crippen molar-refractivity contribution in [2.45, 2.75) is 44.3 Å². The Labute approximate surface area is 205 Å². The highest BCUT2D eigenvalue weighted by atomic mass is 35.5. The number of halogens is 2. The van der Waals surface area contributed by atoms with E-state index in [-0.39, 0.29) is 23.3 Å². The van der Waals surface area contributed by atoms with E-state index in [1.807, 2.05) is 0 Å². The second kappa shape index (κ2) is 9.65. The van der Waals surface area contributed by atoms with Gasteiger partial charge in [-0.05, 0) is 42.9 Å². The van der Waals surface area contributed by atoms with Gasteiger partial charge >= 0.3 is 11.8 Å². The Morgan fingerprint density at radius 2 is 2.03 bits per heavy atom. The predicted molar refractivity (Wildman–Crippen MR) is 123 cm³/mol. The molecule has 1 aromatic heterocycles. The minimum absolute atomic E-state index is 0.0325. The van der Waals surface area contributed by atoms with Crippen LogP contribution in [0.5, 0.6) is 5.75 Å². The molecule has 3 N–H and O–H groups in total. The molecule has 2 aromatic rings. The zero-order chi connectivity index (χ0) is 25.4. The molecule has 3 atom stereocenters. The van der Waals surface area contributed by atoms with Crippen molar-refractivity contribution in [2.24, 2.45) is 5.92 Å². The van der Waals surface area contributed by atoms with Crippen LogP contribution in [-0.4, -0.2) is 57.4 Å². The highest BCUT2D eigenvalue weighted by Gasteiger charge is 2.42. The first-order valence-electron chi connectivity index (χ1n) is 11.1. The average Bonchev–Trinajstić information content (AvgIpc) is 3.11. The van der Waals surface area contributed by atoms with Crippen LogP contribution in [0.1, 0.15) is 47.1 Å². The molecule has 3 amide bonds. The van der Waals surface area contributed by atoms with E-state index in [9.17, 15) is 28.7 Å². The maximum absolute atomic E-state index is 13.4. The Kier molecular flexibility index (Phi) is 6.79. The third-order valence-electron chi connectivity index (χ3n) is 6.50. The van der Waals surface area contributed by atoms with Gasteiger partial charge in [0.25, 0.3) is 11.5 Å². The van der Waals surface area contributed by atoms with E-state index < -0.39 is 52.5 Å². The molecule has 12 heteroatoms. The van der Waals surface area contributed by atoms with Gasteiger partial charge in [0.2, 0.25) is 5.75 Å². The van der Waals surface area contributed by atoms with E-state index in [0.29, 0.717) is 31.4 Å². The Hall–Kier alpha value is -3.47. The number of hydrogen-bond acceptors (Lipinski definition) is 6. The molecule has 2 heterocycles. The Morgan fingerprint density at radius 1 is 1.29 bits per heavy atom. The molecule has 1 saturated carbocycles. The number of carbonyl (C=O) groups excluding carboxylic acids is 3. The van der Waals surface area contributed by atoms with Crippen molar-refractivity contribution in [2.75, 3.05) is 14.1 Å². The average molecular weight is 506 g/mol. The van der Waals surface area contributed by atoms with Crippen LogP contribution in [0.15, 0.2) is 23.0 Å². The first kappa shape index (κ1) is 24.6. The zero-order valence-corrected chi connectivity index (χ0v) is 19.9. The second-order valence-electron chi connectivity index (χ2n) is 9.07. The lowest BCUT2D eigenvalue weighted by Gasteiger charge is -2.25. The summed E-state index contributed by atoms with van der Waals surface area (Å²) in [7, 11) is 2.95. The molecule has 2 aliphatic rings. The molecule has 0 saturated heterocycles. The van der Waals surface area contributed by atoms with Crippen LogP contribution in [0, 0.1) is 11.7 Å². The third kappa shape index (κ3) is 4.86. The fraction of sp³-hybridized carbons (Fsp3) is 0.435. The quantitative estimate of drug-likeness (QED) is 0.534. The van der Waals surface area contributed by atoms with Gasteiger partial charge in [-0.2, -0.15) is 0 Å². The number of fused-ring (bicyclic) bond motifs is 4. The summed E-state index contributed by atoms with van der Waals surface area (Å²) in [5.41, 5.74) is -0.663. The number of rotatable bonds is 4. The van der Waals surface area contributed by atoms with Gasteiger partial charge in [0, 0.05) is 39.1 Å². The molecule has 10 nitrogen and oxygen atoms in total. The van der Waals surface area contributed by atoms with Gasteiger partial charge in [-0.3, -0.25) is 23.7 Å². The van der Waals surface area contributed by atoms with Crippen LogP contribution in [0.25, 0.3) is 0 Å². The number of nitrogens with one attached hydrogen (secondary N) is 2. The standard InChI is InChI=1S/C23H25ClFN5O5/c1-29(2)23(35)21(33)27-16-9-11-5-6-30-19(13(16)7-11)28-17(18(31)22(30)34)20(32)26-10-12-3-4-15(25)14(24)8-12/h3-4,8,11,13,16,31H,5-7,9-10H2,1-2H3,(H,26,32)(H,27,33). The van der Waals surface area contributed by atoms with Gasteiger partial charge < -0.3 is 20.6 Å². The summed E-state index contributed by atoms with van der Waals surface area (Å²) < 4.78 is 14.7. The third-order valence-corrected chi connectivity index (χ3v) is 6.79. The summed E-state index contributed by atoms with van der Waals surface area (Å²) in [6.45, 7) is 0.290. The molecule has 2 bridgehead atoms. The summed E-state index contributed by atoms with van der Waals surface area (Å²) in [5, 5.41) is 15.7. The molecule has 3 unspecified atom stereocenters. The van der Waals surface area contributed by atoms with E-state index in [1.54, 1.807) is 0 Å². The van der Waals surface area contributed by atoms with Gasteiger partial charge in [0.05, 0.1) is 5.02 Å². The number of amides is 3. The summed E-state index contributed by atoms with van der Waals surface area (Å²) >= 11 is 5.77. The van der Waals surface area contributed by atoms with E-state index in [0.717, 1.165) is 0 Å². The van der Waals surface area contributed by atoms with E-state index in [1.165, 1.54) is 41.8 Å². The molecule has 1 aromatic carbocycles. The van der Waals surface area contributed by atoms with Crippen LogP contribution in [0.2, 0.25) is 5.02 Å². The number of aromatic nitrogens is 2. The highest BCUT2D eigenvalue weighted by molar-refractivity contribution is 6.34. The number of likely N-dealkylation sites (N-methyl/N-ethyl adjacent to an activating group) is 1. The van der Waals surface area contributed by atoms with Crippen LogP contribution in [-0.2, 0) is 22.7 Å². The minimum Gasteiger partial charge on any atom is -0.501 e. The number of hydrogen-bond donors (Lipinski definition) is 3. The first-order valence-corrected chi connectivity index (χ1v) is 11.5. The van der Waals surface area contributed by atoms with Crippen molar-refractivity contribution >= 4 is 29.3 Å². The van der Waals surface area contributed by atoms with Crippen LogP contribution in [0.3, 0.4) is 0 Å². The molecule has 0 spiro atoms. The van der Waals surface area contributed by atoms with Crippen LogP contribution < -0.4 is 16.2 Å². The number of carbonyl (C=O) groups is 3. The lowest BCUT2D eigenvalue weighted by Crippen LogP contribution is -2.46. The fourth-order valence-electron chi connectivity index (χ4n) is 4.70. The van der Waals surface area contributed by atoms with Crippen molar-refractivity contribution in [3.05, 3.63) is 56.5 Å². The summed E-state index contributed by atoms with van der Waals surface area (Å²) in [5.74, 6) is -3.54. The van der Waals surface area contributed by atoms with Crippen molar-refractivity contribution in [3.63, 3.8) is 0 Å². The van der Waals surface area contributed by atoms with Crippen molar-refractivity contribution < 1.29 is 23.9 Å². The summed E-state index contributed by atoms with van der Waals surface area (Å²) in [6.07, 6.45) is 1.86. The smallest absolute Gasteiger partial charge is 0.311 e. The van der Waals surface area contributed by atoms with Crippen LogP contribution in [0.4, 0.5) is 4.39 Å². The predicted octanol–water partition coefficient (Wildman–Crippen LogP) is 1.14. The molecule has 1 aliphatic carbocycles. The van der Waals surface area contributed by atoms with Crippen LogP contribution >= 0.6 is 11.6 Å². The molecule has 186 valence electrons. The monoisotopic (exact) mass is 505 g/mol. The minimum atomic E-state index is -0.786. The first-order chi connectivity index (χ1) is 16.6. The Balaban J connectivity index is 1.61. The maximum atomic E-state index is 13.4. The zero-order valence-electron chi connectivity index (χ0n) is 19.2. The molecule has 1 aliphatic heterocycles. The summed E-state index contributed by atoms with van der Waals surface area (Å²) in [4.78, 5) is 55.7. The lowest BCUT2D eigenvalue weighted by atomic mass is 10.0. The normalized spacial score (nSPS) is 20.5. The number of benzene rings is 1. The SMILES string of the molecule is CN(C)C(=O)C(=O)NC1CC2CCn3c(nc(C(=O)NCc4ccc(F)c(Cl)c4)c(O)c3=O)C1C2. The van der Waals surface area contributed by atoms with E-state index in [2.05, 4.69) is 15.6 Å². The van der Waals surface area contributed by atoms with Gasteiger partial charge in [-0.25, -0.2) is 9.37 Å². The number of nitrogens with zero attached hydrogens (tertiary/aromatic N) is 3. The molecule has 1 fully saturated rings. The topological polar surface area (TPSA) is 134 Å². The van der Waals surface area contributed by atoms with Gasteiger partial charge in [-0.1, -0.05) is 17.7 Å². The van der Waals surface area contributed by atoms with Gasteiger partial charge in [0.1, 0.15) is 11.6 Å². The lowest BCUT2D eigenvalue weighted by molar-refractivity contribution is -0.144. The number of aromatic hydroxyl groups is 1. The fourth-order valence-corrected chi connectivity index (χ4v) is 4.91. The van der Waals surface area contributed by atoms with Crippen molar-refractivity contribution in [1.82, 2.24) is 25.1 Å². The van der Waals surface area contributed by atoms with Crippen molar-refractivity contribution in [3.8, 4) is 5.75 Å². The second-order valence-corrected chi connectivity index (χ2v) is 9.47. The Bertz CT molecular complexity index is 1260. The molecular formula is C23H25ClFN5O5. The van der Waals surface area contributed by atoms with Gasteiger partial charge in [0.15, 0.2) is 5.69 Å². The molecule has 0 radical (unpaired) electrons. The largest absolute Gasteiger partial charge is 0.501 e. The molecular weight excluding hydrogens is 481 g/mol. The van der Waals surface area contributed by atoms with Crippen molar-refractivity contribution in [1.29, 1.82) is 0 Å². The molecule has 4 rings (SSSR count). The Morgan fingerprint density at radius 3 is 2.71 bits per heavy atom. The highest BCUT2D eigenvalue weighted by Crippen LogP contribution is 2.42. The van der Waals surface area contributed by atoms with E-state index >= 15 is 0 Å². The maximum Gasteiger partial charge on any atom is 0.311 e. The van der Waals surface area contributed by atoms with Gasteiger partial charge in [-0.15, -0.1) is 0 Å².